The maximum Gasteiger partial charge on any atom is 0.344 e. The molecule has 0 fully saturated rings. The largest absolute Gasteiger partial charge is 0.487 e. The summed E-state index contributed by atoms with van der Waals surface area (Å²) in [5.41, 5.74) is 2.62. The molecule has 0 saturated carbocycles. The van der Waals surface area contributed by atoms with Gasteiger partial charge in [-0.15, -0.1) is 0 Å². The Labute approximate surface area is 190 Å². The minimum Gasteiger partial charge on any atom is -0.487 e. The molecule has 4 aromatic rings. The Kier molecular flexibility index (Phi) is 6.84. The molecule has 8 heteroatoms. The van der Waals surface area contributed by atoms with E-state index in [0.717, 1.165) is 11.3 Å². The van der Waals surface area contributed by atoms with Crippen LogP contribution in [0.25, 0.3) is 5.65 Å². The molecule has 1 amide bonds. The second-order valence-electron chi connectivity index (χ2n) is 7.09. The maximum atomic E-state index is 12.7. The molecule has 2 aromatic carbocycles. The molecule has 0 aliphatic carbocycles. The van der Waals surface area contributed by atoms with Gasteiger partial charge in [-0.2, -0.15) is 0 Å². The number of carbonyl (C=O) groups excluding carboxylic acids is 2. The number of anilines is 1. The summed E-state index contributed by atoms with van der Waals surface area (Å²) in [6.45, 7) is 2.11. The molecule has 168 valence electrons. The number of rotatable bonds is 9. The van der Waals surface area contributed by atoms with E-state index < -0.39 is 5.97 Å². The van der Waals surface area contributed by atoms with E-state index in [1.807, 2.05) is 35.0 Å². The summed E-state index contributed by atoms with van der Waals surface area (Å²) in [6.07, 6.45) is 3.83. The van der Waals surface area contributed by atoms with Crippen LogP contribution in [0, 0.1) is 0 Å². The van der Waals surface area contributed by atoms with Gasteiger partial charge in [0.25, 0.3) is 5.91 Å². The molecule has 8 nitrogen and oxygen atoms in total. The lowest BCUT2D eigenvalue weighted by molar-refractivity contribution is -0.145. The van der Waals surface area contributed by atoms with E-state index in [0.29, 0.717) is 29.4 Å². The van der Waals surface area contributed by atoms with Crippen LogP contribution in [0.3, 0.4) is 0 Å². The Morgan fingerprint density at radius 1 is 0.970 bits per heavy atom. The second kappa shape index (κ2) is 10.3. The fourth-order valence-electron chi connectivity index (χ4n) is 3.15. The van der Waals surface area contributed by atoms with Gasteiger partial charge in [0.2, 0.25) is 0 Å². The van der Waals surface area contributed by atoms with E-state index in [1.165, 1.54) is 0 Å². The molecular formula is C25H23N3O5. The molecule has 0 radical (unpaired) electrons. The van der Waals surface area contributed by atoms with Crippen LogP contribution in [-0.4, -0.2) is 34.5 Å². The highest BCUT2D eigenvalue weighted by Gasteiger charge is 2.10. The number of benzene rings is 2. The van der Waals surface area contributed by atoms with Crippen molar-refractivity contribution in [1.29, 1.82) is 0 Å². The number of aromatic nitrogens is 2. The van der Waals surface area contributed by atoms with Gasteiger partial charge >= 0.3 is 5.97 Å². The van der Waals surface area contributed by atoms with E-state index in [4.69, 9.17) is 14.2 Å². The normalized spacial score (nSPS) is 10.6. The van der Waals surface area contributed by atoms with Crippen LogP contribution in [0.1, 0.15) is 23.0 Å². The molecule has 0 aliphatic heterocycles. The number of ether oxygens (including phenoxy) is 3. The Balaban J connectivity index is 1.36. The van der Waals surface area contributed by atoms with Crippen molar-refractivity contribution in [2.45, 2.75) is 13.5 Å². The van der Waals surface area contributed by atoms with Crippen molar-refractivity contribution in [3.8, 4) is 11.5 Å². The van der Waals surface area contributed by atoms with Gasteiger partial charge in [-0.25, -0.2) is 9.78 Å². The van der Waals surface area contributed by atoms with E-state index in [9.17, 15) is 9.59 Å². The number of nitrogens with one attached hydrogen (secondary N) is 1. The Bertz CT molecular complexity index is 1230. The Morgan fingerprint density at radius 2 is 1.79 bits per heavy atom. The summed E-state index contributed by atoms with van der Waals surface area (Å²) in [4.78, 5) is 28.7. The number of fused-ring (bicyclic) bond motifs is 1. The lowest BCUT2D eigenvalue weighted by Gasteiger charge is -2.10. The molecule has 0 saturated heterocycles. The smallest absolute Gasteiger partial charge is 0.344 e. The standard InChI is InChI=1S/C25H23N3O5/c1-2-31-24(29)17-33-22-10-6-8-19(14-22)27-25(30)18-7-5-9-21(13-18)32-16-20-15-28-12-4-3-11-23(28)26-20/h3-15H,2,16-17H2,1H3,(H,27,30). The molecule has 33 heavy (non-hydrogen) atoms. The lowest BCUT2D eigenvalue weighted by atomic mass is 10.2. The van der Waals surface area contributed by atoms with Crippen LogP contribution in [0.5, 0.6) is 11.5 Å². The van der Waals surface area contributed by atoms with Crippen molar-refractivity contribution in [2.24, 2.45) is 0 Å². The average Bonchev–Trinajstić information content (AvgIpc) is 3.25. The van der Waals surface area contributed by atoms with Gasteiger partial charge in [0.15, 0.2) is 6.61 Å². The third-order valence-electron chi connectivity index (χ3n) is 4.65. The van der Waals surface area contributed by atoms with Gasteiger partial charge in [-0.1, -0.05) is 18.2 Å². The first kappa shape index (κ1) is 21.9. The van der Waals surface area contributed by atoms with Crippen molar-refractivity contribution in [3.63, 3.8) is 0 Å². The first-order valence-electron chi connectivity index (χ1n) is 10.5. The molecule has 0 bridgehead atoms. The van der Waals surface area contributed by atoms with Crippen molar-refractivity contribution in [3.05, 3.63) is 90.4 Å². The first-order chi connectivity index (χ1) is 16.1. The van der Waals surface area contributed by atoms with E-state index in [2.05, 4.69) is 10.3 Å². The number of hydrogen-bond donors (Lipinski definition) is 1. The number of hydrogen-bond acceptors (Lipinski definition) is 6. The third kappa shape index (κ3) is 5.88. The lowest BCUT2D eigenvalue weighted by Crippen LogP contribution is -2.15. The van der Waals surface area contributed by atoms with Crippen molar-refractivity contribution in [2.75, 3.05) is 18.5 Å². The van der Waals surface area contributed by atoms with Gasteiger partial charge in [0.05, 0.1) is 12.3 Å². The number of esters is 1. The highest BCUT2D eigenvalue weighted by Crippen LogP contribution is 2.20. The van der Waals surface area contributed by atoms with Crippen molar-refractivity contribution in [1.82, 2.24) is 9.38 Å². The number of pyridine rings is 1. The topological polar surface area (TPSA) is 91.2 Å². The highest BCUT2D eigenvalue weighted by atomic mass is 16.6. The molecule has 0 aliphatic rings. The van der Waals surface area contributed by atoms with Crippen LogP contribution in [0.4, 0.5) is 5.69 Å². The van der Waals surface area contributed by atoms with Crippen molar-refractivity contribution < 1.29 is 23.8 Å². The minimum atomic E-state index is -0.451. The number of amides is 1. The predicted molar refractivity (Wildman–Crippen MR) is 122 cm³/mol. The predicted octanol–water partition coefficient (Wildman–Crippen LogP) is 4.11. The summed E-state index contributed by atoms with van der Waals surface area (Å²) in [5.74, 6) is 0.264. The first-order valence-corrected chi connectivity index (χ1v) is 10.5. The fourth-order valence-corrected chi connectivity index (χ4v) is 3.15. The Morgan fingerprint density at radius 3 is 2.61 bits per heavy atom. The Hall–Kier alpha value is -4.33. The maximum absolute atomic E-state index is 12.7. The van der Waals surface area contributed by atoms with Gasteiger partial charge in [0.1, 0.15) is 23.8 Å². The van der Waals surface area contributed by atoms with Gasteiger partial charge in [0, 0.05) is 29.7 Å². The molecule has 4 rings (SSSR count). The molecule has 2 heterocycles. The number of nitrogens with zero attached hydrogens (tertiary/aromatic N) is 2. The molecular weight excluding hydrogens is 422 g/mol. The second-order valence-corrected chi connectivity index (χ2v) is 7.09. The van der Waals surface area contributed by atoms with E-state index in [1.54, 1.807) is 55.5 Å². The van der Waals surface area contributed by atoms with E-state index >= 15 is 0 Å². The molecule has 0 spiro atoms. The zero-order valence-electron chi connectivity index (χ0n) is 18.1. The zero-order chi connectivity index (χ0) is 23.0. The highest BCUT2D eigenvalue weighted by molar-refractivity contribution is 6.04. The zero-order valence-corrected chi connectivity index (χ0v) is 18.1. The number of imidazole rings is 1. The molecule has 0 atom stereocenters. The van der Waals surface area contributed by atoms with Gasteiger partial charge < -0.3 is 23.9 Å². The van der Waals surface area contributed by atoms with Crippen LogP contribution in [0.2, 0.25) is 0 Å². The summed E-state index contributed by atoms with van der Waals surface area (Å²) in [7, 11) is 0. The average molecular weight is 445 g/mol. The molecule has 1 N–H and O–H groups in total. The number of carbonyl (C=O) groups is 2. The van der Waals surface area contributed by atoms with Crippen LogP contribution >= 0.6 is 0 Å². The van der Waals surface area contributed by atoms with Crippen LogP contribution in [-0.2, 0) is 16.1 Å². The van der Waals surface area contributed by atoms with Crippen LogP contribution < -0.4 is 14.8 Å². The van der Waals surface area contributed by atoms with Gasteiger partial charge in [-0.05, 0) is 49.4 Å². The summed E-state index contributed by atoms with van der Waals surface area (Å²) < 4.78 is 18.0. The summed E-state index contributed by atoms with van der Waals surface area (Å²) in [6, 6.07) is 19.5. The quantitative estimate of drug-likeness (QED) is 0.390. The third-order valence-corrected chi connectivity index (χ3v) is 4.65. The monoisotopic (exact) mass is 445 g/mol. The SMILES string of the molecule is CCOC(=O)COc1cccc(NC(=O)c2cccc(OCc3cn4ccccc4n3)c2)c1. The van der Waals surface area contributed by atoms with Crippen LogP contribution in [0.15, 0.2) is 79.1 Å². The molecule has 2 aromatic heterocycles. The van der Waals surface area contributed by atoms with E-state index in [-0.39, 0.29) is 19.1 Å². The van der Waals surface area contributed by atoms with Crippen molar-refractivity contribution >= 4 is 23.2 Å². The van der Waals surface area contributed by atoms with Gasteiger partial charge in [-0.3, -0.25) is 4.79 Å². The molecule has 0 unspecified atom stereocenters. The summed E-state index contributed by atoms with van der Waals surface area (Å²) in [5, 5.41) is 2.82. The minimum absolute atomic E-state index is 0.197. The fraction of sp³-hybridized carbons (Fsp3) is 0.160. The summed E-state index contributed by atoms with van der Waals surface area (Å²) >= 11 is 0.